The third kappa shape index (κ3) is 3.98. The number of para-hydroxylation sites is 1. The zero-order chi connectivity index (χ0) is 21.1. The Kier molecular flexibility index (Phi) is 5.40. The highest BCUT2D eigenvalue weighted by atomic mass is 32.2. The minimum atomic E-state index is -0.486. The third-order valence-corrected chi connectivity index (χ3v) is 5.45. The van der Waals surface area contributed by atoms with Crippen LogP contribution in [0.1, 0.15) is 6.92 Å². The molecule has 0 saturated carbocycles. The molecule has 1 atom stereocenters. The summed E-state index contributed by atoms with van der Waals surface area (Å²) in [5.41, 5.74) is 1.99. The van der Waals surface area contributed by atoms with Crippen molar-refractivity contribution in [1.82, 2.24) is 19.7 Å². The Morgan fingerprint density at radius 2 is 1.87 bits per heavy atom. The summed E-state index contributed by atoms with van der Waals surface area (Å²) in [4.78, 5) is 31.5. The first-order valence-electron chi connectivity index (χ1n) is 8.99. The monoisotopic (exact) mass is 420 g/mol. The van der Waals surface area contributed by atoms with Gasteiger partial charge in [-0.15, -0.1) is 0 Å². The molecule has 0 radical (unpaired) electrons. The van der Waals surface area contributed by atoms with Crippen LogP contribution in [-0.2, 0) is 4.79 Å². The Hall–Kier alpha value is -3.79. The van der Waals surface area contributed by atoms with Gasteiger partial charge in [0, 0.05) is 17.8 Å². The minimum Gasteiger partial charge on any atom is -0.325 e. The van der Waals surface area contributed by atoms with Gasteiger partial charge in [-0.3, -0.25) is 14.9 Å². The van der Waals surface area contributed by atoms with E-state index in [2.05, 4.69) is 20.4 Å². The molecule has 0 aliphatic heterocycles. The van der Waals surface area contributed by atoms with E-state index in [-0.39, 0.29) is 11.6 Å². The van der Waals surface area contributed by atoms with Gasteiger partial charge in [0.1, 0.15) is 11.4 Å². The van der Waals surface area contributed by atoms with Crippen molar-refractivity contribution in [2.45, 2.75) is 17.2 Å². The molecule has 0 spiro atoms. The summed E-state index contributed by atoms with van der Waals surface area (Å²) in [7, 11) is 0. The number of carbonyl (C=O) groups excluding carboxylic acids is 1. The summed E-state index contributed by atoms with van der Waals surface area (Å²) in [5.74, 6) is -0.240. The van der Waals surface area contributed by atoms with Crippen LogP contribution >= 0.6 is 11.8 Å². The molecular weight excluding hydrogens is 404 g/mol. The predicted molar refractivity (Wildman–Crippen MR) is 114 cm³/mol. The van der Waals surface area contributed by atoms with E-state index in [1.54, 1.807) is 17.8 Å². The van der Waals surface area contributed by atoms with E-state index in [9.17, 15) is 14.9 Å². The number of benzene rings is 2. The fourth-order valence-corrected chi connectivity index (χ4v) is 3.69. The second-order valence-corrected chi connectivity index (χ2v) is 7.69. The van der Waals surface area contributed by atoms with Gasteiger partial charge in [0.05, 0.1) is 27.4 Å². The van der Waals surface area contributed by atoms with Crippen LogP contribution in [0.2, 0.25) is 0 Å². The van der Waals surface area contributed by atoms with Crippen LogP contribution in [0.5, 0.6) is 0 Å². The molecule has 2 aromatic heterocycles. The van der Waals surface area contributed by atoms with Crippen LogP contribution in [0.3, 0.4) is 0 Å². The smallest absolute Gasteiger partial charge is 0.269 e. The third-order valence-electron chi connectivity index (χ3n) is 4.33. The second-order valence-electron chi connectivity index (χ2n) is 6.36. The second kappa shape index (κ2) is 8.29. The van der Waals surface area contributed by atoms with Crippen molar-refractivity contribution in [3.05, 3.63) is 77.2 Å². The molecule has 2 heterocycles. The van der Waals surface area contributed by atoms with Crippen molar-refractivity contribution >= 4 is 40.1 Å². The summed E-state index contributed by atoms with van der Waals surface area (Å²) < 4.78 is 1.72. The Morgan fingerprint density at radius 1 is 1.13 bits per heavy atom. The van der Waals surface area contributed by atoms with Crippen molar-refractivity contribution in [1.29, 1.82) is 0 Å². The lowest BCUT2D eigenvalue weighted by atomic mass is 10.3. The van der Waals surface area contributed by atoms with Crippen LogP contribution < -0.4 is 5.32 Å². The molecule has 1 N–H and O–H groups in total. The number of rotatable bonds is 6. The average molecular weight is 420 g/mol. The molecule has 10 heteroatoms. The Labute approximate surface area is 175 Å². The molecule has 30 heavy (non-hydrogen) atoms. The van der Waals surface area contributed by atoms with Crippen LogP contribution in [0, 0.1) is 10.1 Å². The van der Waals surface area contributed by atoms with Crippen LogP contribution in [0.25, 0.3) is 16.7 Å². The number of aromatic nitrogens is 4. The fourth-order valence-electron chi connectivity index (χ4n) is 2.81. The highest BCUT2D eigenvalue weighted by Crippen LogP contribution is 2.29. The van der Waals surface area contributed by atoms with Gasteiger partial charge in [-0.2, -0.15) is 5.10 Å². The first-order valence-corrected chi connectivity index (χ1v) is 9.87. The molecule has 0 bridgehead atoms. The molecule has 2 aromatic carbocycles. The first-order chi connectivity index (χ1) is 14.5. The van der Waals surface area contributed by atoms with Crippen molar-refractivity contribution in [2.75, 3.05) is 5.32 Å². The van der Waals surface area contributed by atoms with E-state index in [1.165, 1.54) is 42.4 Å². The van der Waals surface area contributed by atoms with Crippen LogP contribution in [-0.4, -0.2) is 35.8 Å². The van der Waals surface area contributed by atoms with Gasteiger partial charge < -0.3 is 5.32 Å². The molecule has 0 aliphatic rings. The topological polar surface area (TPSA) is 116 Å². The predicted octanol–water partition coefficient (Wildman–Crippen LogP) is 3.84. The molecule has 1 amide bonds. The van der Waals surface area contributed by atoms with E-state index in [0.29, 0.717) is 16.4 Å². The maximum absolute atomic E-state index is 12.6. The SMILES string of the molecule is CC(Sc1ncnc2c1cnn2-c1ccccc1)C(=O)Nc1ccc([N+](=O)[O-])cc1. The summed E-state index contributed by atoms with van der Waals surface area (Å²) in [6.07, 6.45) is 3.14. The van der Waals surface area contributed by atoms with Gasteiger partial charge in [-0.05, 0) is 31.2 Å². The zero-order valence-corrected chi connectivity index (χ0v) is 16.6. The van der Waals surface area contributed by atoms with Crippen LogP contribution in [0.4, 0.5) is 11.4 Å². The van der Waals surface area contributed by atoms with Crippen molar-refractivity contribution in [2.24, 2.45) is 0 Å². The number of non-ortho nitro benzene ring substituents is 1. The molecule has 4 rings (SSSR count). The van der Waals surface area contributed by atoms with Gasteiger partial charge >= 0.3 is 0 Å². The summed E-state index contributed by atoms with van der Waals surface area (Å²) in [6, 6.07) is 15.3. The van der Waals surface area contributed by atoms with Gasteiger partial charge in [-0.25, -0.2) is 14.6 Å². The van der Waals surface area contributed by atoms with Crippen molar-refractivity contribution in [3.8, 4) is 5.69 Å². The number of fused-ring (bicyclic) bond motifs is 1. The quantitative estimate of drug-likeness (QED) is 0.218. The highest BCUT2D eigenvalue weighted by Gasteiger charge is 2.19. The number of thioether (sulfide) groups is 1. The number of hydrogen-bond acceptors (Lipinski definition) is 7. The summed E-state index contributed by atoms with van der Waals surface area (Å²) in [5, 5.41) is 18.9. The number of nitro groups is 1. The summed E-state index contributed by atoms with van der Waals surface area (Å²) in [6.45, 7) is 1.76. The average Bonchev–Trinajstić information content (AvgIpc) is 3.20. The van der Waals surface area contributed by atoms with E-state index in [0.717, 1.165) is 11.1 Å². The van der Waals surface area contributed by atoms with E-state index < -0.39 is 10.2 Å². The van der Waals surface area contributed by atoms with Gasteiger partial charge in [-0.1, -0.05) is 30.0 Å². The Morgan fingerprint density at radius 3 is 2.57 bits per heavy atom. The first kappa shape index (κ1) is 19.5. The Bertz CT molecular complexity index is 1210. The zero-order valence-electron chi connectivity index (χ0n) is 15.8. The maximum Gasteiger partial charge on any atom is 0.269 e. The van der Waals surface area contributed by atoms with E-state index in [1.807, 2.05) is 30.3 Å². The van der Waals surface area contributed by atoms with Crippen LogP contribution in [0.15, 0.2) is 72.1 Å². The number of anilines is 1. The van der Waals surface area contributed by atoms with Gasteiger partial charge in [0.25, 0.3) is 5.69 Å². The fraction of sp³-hybridized carbons (Fsp3) is 0.100. The molecule has 9 nitrogen and oxygen atoms in total. The maximum atomic E-state index is 12.6. The minimum absolute atomic E-state index is 0.0331. The van der Waals surface area contributed by atoms with Crippen molar-refractivity contribution in [3.63, 3.8) is 0 Å². The van der Waals surface area contributed by atoms with Crippen molar-refractivity contribution < 1.29 is 9.72 Å². The molecule has 0 aliphatic carbocycles. The standard InChI is InChI=1S/C20H16N6O3S/c1-13(19(27)24-14-7-9-16(10-8-14)26(28)29)30-20-17-11-23-25(18(17)21-12-22-20)15-5-3-2-4-6-15/h2-13H,1H3,(H,24,27). The molecule has 150 valence electrons. The molecular formula is C20H16N6O3S. The lowest BCUT2D eigenvalue weighted by Gasteiger charge is -2.12. The lowest BCUT2D eigenvalue weighted by Crippen LogP contribution is -2.22. The largest absolute Gasteiger partial charge is 0.325 e. The number of hydrogen-bond donors (Lipinski definition) is 1. The molecule has 1 unspecified atom stereocenters. The number of amides is 1. The summed E-state index contributed by atoms with van der Waals surface area (Å²) >= 11 is 1.29. The number of carbonyl (C=O) groups is 1. The number of nitro benzene ring substituents is 1. The normalized spacial score (nSPS) is 11.9. The van der Waals surface area contributed by atoms with Gasteiger partial charge in [0.15, 0.2) is 5.65 Å². The Balaban J connectivity index is 1.51. The van der Waals surface area contributed by atoms with E-state index >= 15 is 0 Å². The number of nitrogens with zero attached hydrogens (tertiary/aromatic N) is 5. The highest BCUT2D eigenvalue weighted by molar-refractivity contribution is 8.00. The van der Waals surface area contributed by atoms with E-state index in [4.69, 9.17) is 0 Å². The van der Waals surface area contributed by atoms with Gasteiger partial charge in [0.2, 0.25) is 5.91 Å². The lowest BCUT2D eigenvalue weighted by molar-refractivity contribution is -0.384. The molecule has 0 fully saturated rings. The molecule has 0 saturated heterocycles. The number of nitrogens with one attached hydrogen (secondary N) is 1. The molecule has 4 aromatic rings.